The Labute approximate surface area is 119 Å². The van der Waals surface area contributed by atoms with Gasteiger partial charge in [0, 0.05) is 5.56 Å². The zero-order chi connectivity index (χ0) is 14.2. The standard InChI is InChI=1S/C13H14BrFN4/c1-7-11(14)8(2)19(18-7)6-9-4-3-5-10(12(9)15)13(16)17/h3-5H,6H2,1-2H3,(H3,16,17). The lowest BCUT2D eigenvalue weighted by Crippen LogP contribution is -2.15. The van der Waals surface area contributed by atoms with Gasteiger partial charge in [-0.2, -0.15) is 5.10 Å². The molecule has 0 bridgehead atoms. The smallest absolute Gasteiger partial charge is 0.139 e. The van der Waals surface area contributed by atoms with Crippen molar-refractivity contribution in [1.82, 2.24) is 9.78 Å². The van der Waals surface area contributed by atoms with Gasteiger partial charge in [-0.3, -0.25) is 10.1 Å². The molecule has 1 aromatic heterocycles. The number of halogens is 2. The second-order valence-corrected chi connectivity index (χ2v) is 5.13. The summed E-state index contributed by atoms with van der Waals surface area (Å²) in [7, 11) is 0. The van der Waals surface area contributed by atoms with Crippen LogP contribution in [0.1, 0.15) is 22.5 Å². The maximum atomic E-state index is 14.2. The van der Waals surface area contributed by atoms with Crippen molar-refractivity contribution in [3.63, 3.8) is 0 Å². The van der Waals surface area contributed by atoms with Gasteiger partial charge in [0.25, 0.3) is 0 Å². The summed E-state index contributed by atoms with van der Waals surface area (Å²) in [4.78, 5) is 0. The number of nitrogens with two attached hydrogens (primary N) is 1. The van der Waals surface area contributed by atoms with E-state index in [0.717, 1.165) is 15.9 Å². The molecule has 0 atom stereocenters. The minimum absolute atomic E-state index is 0.123. The third-order valence-corrected chi connectivity index (χ3v) is 4.13. The average molecular weight is 325 g/mol. The molecular formula is C13H14BrFN4. The fourth-order valence-electron chi connectivity index (χ4n) is 1.90. The van der Waals surface area contributed by atoms with Crippen molar-refractivity contribution in [3.05, 3.63) is 51.0 Å². The number of nitrogens with one attached hydrogen (secondary N) is 1. The summed E-state index contributed by atoms with van der Waals surface area (Å²) < 4.78 is 16.8. The van der Waals surface area contributed by atoms with E-state index >= 15 is 0 Å². The Hall–Kier alpha value is -1.69. The molecule has 2 aromatic rings. The molecule has 1 aromatic carbocycles. The second kappa shape index (κ2) is 5.13. The second-order valence-electron chi connectivity index (χ2n) is 4.33. The summed E-state index contributed by atoms with van der Waals surface area (Å²) in [5, 5.41) is 11.7. The van der Waals surface area contributed by atoms with Crippen LogP contribution < -0.4 is 5.73 Å². The highest BCUT2D eigenvalue weighted by Crippen LogP contribution is 2.21. The number of hydrogen-bond donors (Lipinski definition) is 2. The van der Waals surface area contributed by atoms with E-state index in [4.69, 9.17) is 11.1 Å². The SMILES string of the molecule is Cc1nn(Cc2cccc(C(=N)N)c2F)c(C)c1Br. The van der Waals surface area contributed by atoms with Gasteiger partial charge in [-0.25, -0.2) is 4.39 Å². The molecule has 19 heavy (non-hydrogen) atoms. The molecule has 0 saturated heterocycles. The van der Waals surface area contributed by atoms with Crippen molar-refractivity contribution >= 4 is 21.8 Å². The van der Waals surface area contributed by atoms with Gasteiger partial charge in [0.15, 0.2) is 0 Å². The Morgan fingerprint density at radius 3 is 2.68 bits per heavy atom. The summed E-state index contributed by atoms with van der Waals surface area (Å²) in [5.41, 5.74) is 7.73. The van der Waals surface area contributed by atoms with Gasteiger partial charge < -0.3 is 5.73 Å². The average Bonchev–Trinajstić information content (AvgIpc) is 2.59. The molecule has 0 fully saturated rings. The Morgan fingerprint density at radius 1 is 1.47 bits per heavy atom. The summed E-state index contributed by atoms with van der Waals surface area (Å²) in [6, 6.07) is 4.86. The van der Waals surface area contributed by atoms with Gasteiger partial charge in [0.1, 0.15) is 11.7 Å². The third-order valence-electron chi connectivity index (χ3n) is 2.98. The van der Waals surface area contributed by atoms with E-state index in [9.17, 15) is 4.39 Å². The minimum atomic E-state index is -0.460. The highest BCUT2D eigenvalue weighted by Gasteiger charge is 2.14. The number of amidine groups is 1. The maximum Gasteiger partial charge on any atom is 0.139 e. The van der Waals surface area contributed by atoms with Crippen molar-refractivity contribution in [2.45, 2.75) is 20.4 Å². The van der Waals surface area contributed by atoms with E-state index in [1.54, 1.807) is 16.8 Å². The number of aromatic nitrogens is 2. The van der Waals surface area contributed by atoms with Gasteiger partial charge in [-0.05, 0) is 35.8 Å². The summed E-state index contributed by atoms with van der Waals surface area (Å²) >= 11 is 3.44. The van der Waals surface area contributed by atoms with E-state index in [-0.39, 0.29) is 11.4 Å². The van der Waals surface area contributed by atoms with Crippen LogP contribution >= 0.6 is 15.9 Å². The van der Waals surface area contributed by atoms with Crippen LogP contribution in [0.15, 0.2) is 22.7 Å². The summed E-state index contributed by atoms with van der Waals surface area (Å²) in [6.07, 6.45) is 0. The quantitative estimate of drug-likeness (QED) is 0.673. The lowest BCUT2D eigenvalue weighted by Gasteiger charge is -2.09. The predicted molar refractivity (Wildman–Crippen MR) is 75.9 cm³/mol. The Kier molecular flexibility index (Phi) is 3.71. The monoisotopic (exact) mass is 324 g/mol. The van der Waals surface area contributed by atoms with Gasteiger partial charge in [0.05, 0.1) is 28.0 Å². The molecule has 0 spiro atoms. The van der Waals surface area contributed by atoms with Crippen LogP contribution in [0, 0.1) is 25.1 Å². The molecule has 0 amide bonds. The van der Waals surface area contributed by atoms with Crippen LogP contribution in [-0.2, 0) is 6.54 Å². The van der Waals surface area contributed by atoms with Crippen molar-refractivity contribution in [3.8, 4) is 0 Å². The van der Waals surface area contributed by atoms with Crippen molar-refractivity contribution in [2.75, 3.05) is 0 Å². The molecule has 1 heterocycles. The molecule has 3 N–H and O–H groups in total. The Balaban J connectivity index is 2.41. The lowest BCUT2D eigenvalue weighted by molar-refractivity contribution is 0.576. The van der Waals surface area contributed by atoms with Crippen LogP contribution in [0.25, 0.3) is 0 Å². The molecule has 0 aliphatic carbocycles. The molecule has 0 unspecified atom stereocenters. The Morgan fingerprint density at radius 2 is 2.16 bits per heavy atom. The number of hydrogen-bond acceptors (Lipinski definition) is 2. The van der Waals surface area contributed by atoms with E-state index < -0.39 is 5.82 Å². The van der Waals surface area contributed by atoms with Crippen molar-refractivity contribution < 1.29 is 4.39 Å². The number of benzene rings is 1. The maximum absolute atomic E-state index is 14.2. The van der Waals surface area contributed by atoms with Crippen LogP contribution in [-0.4, -0.2) is 15.6 Å². The zero-order valence-corrected chi connectivity index (χ0v) is 12.3. The molecule has 0 radical (unpaired) electrons. The Bertz CT molecular complexity index is 648. The topological polar surface area (TPSA) is 67.7 Å². The largest absolute Gasteiger partial charge is 0.384 e. The van der Waals surface area contributed by atoms with E-state index in [1.165, 1.54) is 6.07 Å². The highest BCUT2D eigenvalue weighted by atomic mass is 79.9. The van der Waals surface area contributed by atoms with Crippen LogP contribution in [0.5, 0.6) is 0 Å². The van der Waals surface area contributed by atoms with Gasteiger partial charge in [-0.15, -0.1) is 0 Å². The zero-order valence-electron chi connectivity index (χ0n) is 10.7. The molecule has 4 nitrogen and oxygen atoms in total. The highest BCUT2D eigenvalue weighted by molar-refractivity contribution is 9.10. The first-order chi connectivity index (χ1) is 8.91. The lowest BCUT2D eigenvalue weighted by atomic mass is 10.1. The number of aryl methyl sites for hydroxylation is 1. The summed E-state index contributed by atoms with van der Waals surface area (Å²) in [5.74, 6) is -0.729. The molecule has 0 aliphatic heterocycles. The normalized spacial score (nSPS) is 10.7. The predicted octanol–water partition coefficient (Wildman–Crippen LogP) is 2.73. The van der Waals surface area contributed by atoms with Gasteiger partial charge >= 0.3 is 0 Å². The first-order valence-corrected chi connectivity index (χ1v) is 6.52. The van der Waals surface area contributed by atoms with Crippen molar-refractivity contribution in [1.29, 1.82) is 5.41 Å². The molecule has 6 heteroatoms. The van der Waals surface area contributed by atoms with E-state index in [1.807, 2.05) is 13.8 Å². The molecule has 2 rings (SSSR count). The van der Waals surface area contributed by atoms with Gasteiger partial charge in [-0.1, -0.05) is 12.1 Å². The molecule has 0 aliphatic rings. The third kappa shape index (κ3) is 2.53. The fraction of sp³-hybridized carbons (Fsp3) is 0.231. The van der Waals surface area contributed by atoms with Gasteiger partial charge in [0.2, 0.25) is 0 Å². The van der Waals surface area contributed by atoms with Crippen LogP contribution in [0.4, 0.5) is 4.39 Å². The van der Waals surface area contributed by atoms with E-state index in [2.05, 4.69) is 21.0 Å². The van der Waals surface area contributed by atoms with Crippen LogP contribution in [0.2, 0.25) is 0 Å². The fourth-order valence-corrected chi connectivity index (χ4v) is 2.18. The van der Waals surface area contributed by atoms with Crippen molar-refractivity contribution in [2.24, 2.45) is 5.73 Å². The first-order valence-electron chi connectivity index (χ1n) is 5.73. The molecule has 0 saturated carbocycles. The number of nitrogens with zero attached hydrogens (tertiary/aromatic N) is 2. The van der Waals surface area contributed by atoms with E-state index in [0.29, 0.717) is 12.1 Å². The first kappa shape index (κ1) is 13.7. The number of rotatable bonds is 3. The minimum Gasteiger partial charge on any atom is -0.384 e. The van der Waals surface area contributed by atoms with Crippen LogP contribution in [0.3, 0.4) is 0 Å². The molecule has 100 valence electrons. The molecular weight excluding hydrogens is 311 g/mol. The number of nitrogen functional groups attached to an aromatic ring is 1. The summed E-state index contributed by atoms with van der Waals surface area (Å²) in [6.45, 7) is 4.11.